The molecule has 0 unspecified atom stereocenters. The summed E-state index contributed by atoms with van der Waals surface area (Å²) in [6.45, 7) is 6.40. The number of aryl methyl sites for hydroxylation is 1. The Balaban J connectivity index is 1.35. The van der Waals surface area contributed by atoms with Gasteiger partial charge in [0, 0.05) is 25.4 Å². The molecule has 1 amide bonds. The molecule has 0 aliphatic carbocycles. The molecule has 0 atom stereocenters. The second kappa shape index (κ2) is 8.22. The van der Waals surface area contributed by atoms with Crippen LogP contribution in [0.3, 0.4) is 0 Å². The van der Waals surface area contributed by atoms with E-state index in [1.165, 1.54) is 0 Å². The summed E-state index contributed by atoms with van der Waals surface area (Å²) >= 11 is 0. The van der Waals surface area contributed by atoms with Crippen molar-refractivity contribution in [2.45, 2.75) is 32.9 Å². The predicted octanol–water partition coefficient (Wildman–Crippen LogP) is 3.07. The Labute approximate surface area is 196 Å². The van der Waals surface area contributed by atoms with Crippen LogP contribution < -0.4 is 5.32 Å². The zero-order valence-electron chi connectivity index (χ0n) is 19.5. The first-order chi connectivity index (χ1) is 16.3. The molecule has 0 bridgehead atoms. The first kappa shape index (κ1) is 21.5. The number of carbonyl (C=O) groups excluding carboxylic acids is 1. The Hall–Kier alpha value is -4.34. The highest BCUT2D eigenvalue weighted by Crippen LogP contribution is 2.28. The monoisotopic (exact) mass is 455 g/mol. The van der Waals surface area contributed by atoms with Crippen molar-refractivity contribution < 1.29 is 4.79 Å². The molecule has 0 spiro atoms. The van der Waals surface area contributed by atoms with E-state index >= 15 is 0 Å². The van der Waals surface area contributed by atoms with E-state index in [1.54, 1.807) is 21.9 Å². The van der Waals surface area contributed by atoms with Gasteiger partial charge in [0.2, 0.25) is 0 Å². The highest BCUT2D eigenvalue weighted by atomic mass is 16.2. The van der Waals surface area contributed by atoms with E-state index in [2.05, 4.69) is 37.0 Å². The summed E-state index contributed by atoms with van der Waals surface area (Å²) in [7, 11) is 1.89. The smallest absolute Gasteiger partial charge is 0.273 e. The molecule has 10 nitrogen and oxygen atoms in total. The molecule has 0 radical (unpaired) electrons. The molecule has 10 heteroatoms. The van der Waals surface area contributed by atoms with Crippen LogP contribution in [0.1, 0.15) is 36.8 Å². The molecule has 1 aromatic carbocycles. The van der Waals surface area contributed by atoms with Crippen molar-refractivity contribution >= 4 is 11.6 Å². The van der Waals surface area contributed by atoms with Crippen molar-refractivity contribution in [1.29, 1.82) is 0 Å². The standard InChI is InChI=1S/C24H25N9O/c1-24(2,3)33-14-20(28-30-33)23(34)25-11-16-5-7-17(8-6-16)21-9-18(19-12-27-31(4)13-19)10-22-29-26-15-32(21)22/h5-10,12-15H,11H2,1-4H3,(H,25,34). The fourth-order valence-electron chi connectivity index (χ4n) is 3.65. The third-order valence-electron chi connectivity index (χ3n) is 5.56. The molecule has 0 saturated carbocycles. The van der Waals surface area contributed by atoms with Crippen molar-refractivity contribution in [3.63, 3.8) is 0 Å². The van der Waals surface area contributed by atoms with E-state index in [9.17, 15) is 4.79 Å². The number of benzene rings is 1. The number of amides is 1. The summed E-state index contributed by atoms with van der Waals surface area (Å²) in [4.78, 5) is 12.5. The highest BCUT2D eigenvalue weighted by molar-refractivity contribution is 5.91. The normalized spacial score (nSPS) is 11.8. The fourth-order valence-corrected chi connectivity index (χ4v) is 3.65. The van der Waals surface area contributed by atoms with Gasteiger partial charge < -0.3 is 5.32 Å². The molecule has 0 aliphatic heterocycles. The topological polar surface area (TPSA) is 108 Å². The highest BCUT2D eigenvalue weighted by Gasteiger charge is 2.18. The summed E-state index contributed by atoms with van der Waals surface area (Å²) in [5, 5.41) is 23.5. The zero-order valence-corrected chi connectivity index (χ0v) is 19.5. The largest absolute Gasteiger partial charge is 0.347 e. The number of hydrogen-bond acceptors (Lipinski definition) is 6. The summed E-state index contributed by atoms with van der Waals surface area (Å²) < 4.78 is 5.41. The molecule has 1 N–H and O–H groups in total. The maximum Gasteiger partial charge on any atom is 0.273 e. The van der Waals surface area contributed by atoms with Crippen LogP contribution in [0, 0.1) is 0 Å². The van der Waals surface area contributed by atoms with Crippen LogP contribution in [0.4, 0.5) is 0 Å². The predicted molar refractivity (Wildman–Crippen MR) is 127 cm³/mol. The minimum atomic E-state index is -0.255. The first-order valence-corrected chi connectivity index (χ1v) is 10.9. The molecule has 0 aliphatic rings. The second-order valence-corrected chi connectivity index (χ2v) is 9.19. The quantitative estimate of drug-likeness (QED) is 0.436. The molecule has 172 valence electrons. The Bertz CT molecular complexity index is 1470. The lowest BCUT2D eigenvalue weighted by atomic mass is 10.0. The fraction of sp³-hybridized carbons (Fsp3) is 0.250. The van der Waals surface area contributed by atoms with E-state index in [4.69, 9.17) is 0 Å². The number of hydrogen-bond donors (Lipinski definition) is 1. The molecule has 5 rings (SSSR count). The van der Waals surface area contributed by atoms with Crippen LogP contribution in [0.15, 0.2) is 61.3 Å². The maximum absolute atomic E-state index is 12.5. The number of rotatable bonds is 5. The van der Waals surface area contributed by atoms with E-state index in [-0.39, 0.29) is 11.4 Å². The van der Waals surface area contributed by atoms with E-state index < -0.39 is 0 Å². The lowest BCUT2D eigenvalue weighted by Crippen LogP contribution is -2.24. The van der Waals surface area contributed by atoms with E-state index in [0.29, 0.717) is 12.2 Å². The zero-order chi connectivity index (χ0) is 23.9. The Kier molecular flexibility index (Phi) is 5.20. The van der Waals surface area contributed by atoms with Crippen molar-refractivity contribution in [3.05, 3.63) is 72.6 Å². The minimum absolute atomic E-state index is 0.230. The van der Waals surface area contributed by atoms with Gasteiger partial charge in [-0.05, 0) is 49.6 Å². The van der Waals surface area contributed by atoms with Crippen LogP contribution in [0.2, 0.25) is 0 Å². The Morgan fingerprint density at radius 3 is 2.47 bits per heavy atom. The molecule has 34 heavy (non-hydrogen) atoms. The average Bonchev–Trinajstić information content (AvgIpc) is 3.57. The van der Waals surface area contributed by atoms with Gasteiger partial charge in [0.05, 0.1) is 23.6 Å². The summed E-state index contributed by atoms with van der Waals surface area (Å²) in [5.41, 5.74) is 5.81. The summed E-state index contributed by atoms with van der Waals surface area (Å²) in [6, 6.07) is 12.1. The third-order valence-corrected chi connectivity index (χ3v) is 5.56. The number of aromatic nitrogens is 8. The number of carbonyl (C=O) groups is 1. The van der Waals surface area contributed by atoms with Crippen LogP contribution in [0.5, 0.6) is 0 Å². The Morgan fingerprint density at radius 2 is 1.79 bits per heavy atom. The van der Waals surface area contributed by atoms with Crippen molar-refractivity contribution in [3.8, 4) is 22.4 Å². The summed E-state index contributed by atoms with van der Waals surface area (Å²) in [6.07, 6.45) is 7.17. The summed E-state index contributed by atoms with van der Waals surface area (Å²) in [5.74, 6) is -0.255. The molecule has 0 saturated heterocycles. The molecule has 4 aromatic heterocycles. The van der Waals surface area contributed by atoms with Crippen molar-refractivity contribution in [1.82, 2.24) is 44.7 Å². The van der Waals surface area contributed by atoms with Gasteiger partial charge in [0.25, 0.3) is 5.91 Å². The molecule has 4 heterocycles. The van der Waals surface area contributed by atoms with E-state index in [1.807, 2.05) is 74.9 Å². The van der Waals surface area contributed by atoms with E-state index in [0.717, 1.165) is 33.6 Å². The Morgan fingerprint density at radius 1 is 1.00 bits per heavy atom. The van der Waals surface area contributed by atoms with Crippen LogP contribution >= 0.6 is 0 Å². The van der Waals surface area contributed by atoms with Gasteiger partial charge in [0.15, 0.2) is 11.3 Å². The van der Waals surface area contributed by atoms with Gasteiger partial charge in [-0.15, -0.1) is 15.3 Å². The average molecular weight is 456 g/mol. The second-order valence-electron chi connectivity index (χ2n) is 9.19. The van der Waals surface area contributed by atoms with Crippen molar-refractivity contribution in [2.24, 2.45) is 7.05 Å². The lowest BCUT2D eigenvalue weighted by molar-refractivity contribution is 0.0946. The van der Waals surface area contributed by atoms with Gasteiger partial charge in [0.1, 0.15) is 6.33 Å². The SMILES string of the molecule is Cn1cc(-c2cc(-c3ccc(CNC(=O)c4cn(C(C)(C)C)nn4)cc3)n3cnnc3c2)cn1. The molecule has 5 aromatic rings. The van der Waals surface area contributed by atoms with Gasteiger partial charge in [-0.2, -0.15) is 5.10 Å². The van der Waals surface area contributed by atoms with Crippen LogP contribution in [-0.4, -0.2) is 45.3 Å². The van der Waals surface area contributed by atoms with Gasteiger partial charge in [-0.25, -0.2) is 4.68 Å². The third kappa shape index (κ3) is 4.17. The number of pyridine rings is 1. The molecule has 0 fully saturated rings. The maximum atomic E-state index is 12.5. The molecular weight excluding hydrogens is 430 g/mol. The van der Waals surface area contributed by atoms with Crippen molar-refractivity contribution in [2.75, 3.05) is 0 Å². The van der Waals surface area contributed by atoms with Gasteiger partial charge in [-0.3, -0.25) is 13.9 Å². The number of fused-ring (bicyclic) bond motifs is 1. The van der Waals surface area contributed by atoms with Crippen LogP contribution in [-0.2, 0) is 19.1 Å². The first-order valence-electron chi connectivity index (χ1n) is 10.9. The lowest BCUT2D eigenvalue weighted by Gasteiger charge is -2.17. The van der Waals surface area contributed by atoms with Gasteiger partial charge in [-0.1, -0.05) is 29.5 Å². The number of nitrogens with one attached hydrogen (secondary N) is 1. The molecular formula is C24H25N9O. The minimum Gasteiger partial charge on any atom is -0.347 e. The van der Waals surface area contributed by atoms with Crippen LogP contribution in [0.25, 0.3) is 28.0 Å². The van der Waals surface area contributed by atoms with Gasteiger partial charge >= 0.3 is 0 Å². The number of nitrogens with zero attached hydrogens (tertiary/aromatic N) is 8.